The monoisotopic (exact) mass is 339 g/mol. The first-order valence-electron chi connectivity index (χ1n) is 7.91. The first kappa shape index (κ1) is 16.9. The van der Waals surface area contributed by atoms with Crippen LogP contribution in [0.15, 0.2) is 55.2 Å². The Bertz CT molecular complexity index is 791. The van der Waals surface area contributed by atoms with E-state index in [9.17, 15) is 0 Å². The van der Waals surface area contributed by atoms with Crippen LogP contribution in [0.25, 0.3) is 5.69 Å². The predicted molar refractivity (Wildman–Crippen MR) is 97.2 cm³/mol. The Morgan fingerprint density at radius 1 is 1.28 bits per heavy atom. The van der Waals surface area contributed by atoms with Gasteiger partial charge >= 0.3 is 0 Å². The molecule has 2 heterocycles. The van der Waals surface area contributed by atoms with Gasteiger partial charge in [0.15, 0.2) is 0 Å². The molecule has 1 aromatic carbocycles. The average Bonchev–Trinajstić information content (AvgIpc) is 3.16. The second-order valence-corrected chi connectivity index (χ2v) is 5.51. The van der Waals surface area contributed by atoms with E-state index in [-0.39, 0.29) is 6.04 Å². The molecule has 0 saturated heterocycles. The van der Waals surface area contributed by atoms with Gasteiger partial charge in [-0.2, -0.15) is 4.98 Å². The summed E-state index contributed by atoms with van der Waals surface area (Å²) in [5.74, 6) is 1.21. The van der Waals surface area contributed by atoms with E-state index in [2.05, 4.69) is 25.6 Å². The van der Waals surface area contributed by atoms with Crippen molar-refractivity contribution in [3.8, 4) is 5.69 Å². The number of nitrogens with one attached hydrogen (secondary N) is 2. The lowest BCUT2D eigenvalue weighted by Crippen LogP contribution is -2.33. The van der Waals surface area contributed by atoms with Gasteiger partial charge in [0.2, 0.25) is 5.95 Å². The van der Waals surface area contributed by atoms with Crippen LogP contribution in [0.2, 0.25) is 0 Å². The number of hydrogen-bond donors (Lipinski definition) is 3. The van der Waals surface area contributed by atoms with Gasteiger partial charge < -0.3 is 25.7 Å². The highest BCUT2D eigenvalue weighted by Crippen LogP contribution is 2.18. The van der Waals surface area contributed by atoms with Crippen molar-refractivity contribution in [2.24, 2.45) is 5.73 Å². The minimum Gasteiger partial charge on any atom is -0.383 e. The summed E-state index contributed by atoms with van der Waals surface area (Å²) in [6, 6.07) is 9.68. The zero-order chi connectivity index (χ0) is 17.5. The minimum absolute atomic E-state index is 0.114. The van der Waals surface area contributed by atoms with Crippen molar-refractivity contribution in [1.29, 1.82) is 0 Å². The Morgan fingerprint density at radius 3 is 3.00 bits per heavy atom. The van der Waals surface area contributed by atoms with Crippen LogP contribution in [0, 0.1) is 0 Å². The number of nitrogens with two attached hydrogens (primary N) is 1. The third kappa shape index (κ3) is 4.75. The molecule has 3 aromatic rings. The molecule has 8 nitrogen and oxygen atoms in total. The number of methoxy groups -OCH3 is 1. The van der Waals surface area contributed by atoms with E-state index in [0.717, 1.165) is 11.4 Å². The molecule has 0 aliphatic rings. The van der Waals surface area contributed by atoms with Gasteiger partial charge in [-0.15, -0.1) is 0 Å². The molecule has 0 aliphatic carbocycles. The van der Waals surface area contributed by atoms with E-state index in [0.29, 0.717) is 24.9 Å². The molecular formula is C17H21N7O. The molecule has 1 atom stereocenters. The second-order valence-electron chi connectivity index (χ2n) is 5.51. The molecule has 25 heavy (non-hydrogen) atoms. The molecule has 0 bridgehead atoms. The third-order valence-electron chi connectivity index (χ3n) is 3.48. The number of benzene rings is 1. The van der Waals surface area contributed by atoms with E-state index >= 15 is 0 Å². The van der Waals surface area contributed by atoms with Gasteiger partial charge in [0, 0.05) is 49.7 Å². The van der Waals surface area contributed by atoms with Gasteiger partial charge in [0.25, 0.3) is 0 Å². The lowest BCUT2D eigenvalue weighted by molar-refractivity contribution is 0.183. The van der Waals surface area contributed by atoms with Crippen molar-refractivity contribution < 1.29 is 4.74 Å². The van der Waals surface area contributed by atoms with Crippen molar-refractivity contribution in [3.63, 3.8) is 0 Å². The largest absolute Gasteiger partial charge is 0.383 e. The molecule has 8 heteroatoms. The van der Waals surface area contributed by atoms with Crippen molar-refractivity contribution in [2.45, 2.75) is 6.04 Å². The summed E-state index contributed by atoms with van der Waals surface area (Å²) >= 11 is 0. The molecule has 0 amide bonds. The predicted octanol–water partition coefficient (Wildman–Crippen LogP) is 1.79. The molecule has 4 N–H and O–H groups in total. The normalized spacial score (nSPS) is 11.9. The van der Waals surface area contributed by atoms with Gasteiger partial charge in [-0.3, -0.25) is 0 Å². The highest BCUT2D eigenvalue weighted by molar-refractivity contribution is 5.60. The standard InChI is InChI=1S/C17H21N7O/c1-25-11-13(18)10-21-17-20-6-5-16(23-17)22-14-3-2-4-15(9-14)24-8-7-19-12-24/h2-9,12-13H,10-11,18H2,1H3,(H2,20,21,22,23)/t13-/m1/s1. The molecule has 0 fully saturated rings. The first-order valence-corrected chi connectivity index (χ1v) is 7.91. The topological polar surface area (TPSA) is 103 Å². The number of aromatic nitrogens is 4. The van der Waals surface area contributed by atoms with E-state index in [1.807, 2.05) is 41.1 Å². The fourth-order valence-corrected chi connectivity index (χ4v) is 2.31. The molecule has 0 spiro atoms. The summed E-state index contributed by atoms with van der Waals surface area (Å²) in [5, 5.41) is 6.39. The van der Waals surface area contributed by atoms with E-state index in [1.54, 1.807) is 25.8 Å². The molecular weight excluding hydrogens is 318 g/mol. The Hall–Kier alpha value is -2.97. The number of hydrogen-bond acceptors (Lipinski definition) is 7. The number of nitrogens with zero attached hydrogens (tertiary/aromatic N) is 4. The SMILES string of the molecule is COC[C@H](N)CNc1nccc(Nc2cccc(-n3ccnc3)c2)n1. The number of ether oxygens (including phenoxy) is 1. The van der Waals surface area contributed by atoms with Crippen LogP contribution in [-0.2, 0) is 4.74 Å². The van der Waals surface area contributed by atoms with Crippen LogP contribution < -0.4 is 16.4 Å². The van der Waals surface area contributed by atoms with Crippen LogP contribution in [0.1, 0.15) is 0 Å². The van der Waals surface area contributed by atoms with Crippen molar-refractivity contribution in [3.05, 3.63) is 55.2 Å². The van der Waals surface area contributed by atoms with Gasteiger partial charge in [-0.25, -0.2) is 9.97 Å². The fraction of sp³-hybridized carbons (Fsp3) is 0.235. The molecule has 0 radical (unpaired) electrons. The smallest absolute Gasteiger partial charge is 0.224 e. The average molecular weight is 339 g/mol. The first-order chi connectivity index (χ1) is 12.2. The second kappa shape index (κ2) is 8.22. The molecule has 0 aliphatic heterocycles. The van der Waals surface area contributed by atoms with Crippen LogP contribution >= 0.6 is 0 Å². The van der Waals surface area contributed by atoms with Gasteiger partial charge in [0.1, 0.15) is 5.82 Å². The zero-order valence-corrected chi connectivity index (χ0v) is 14.0. The summed E-state index contributed by atoms with van der Waals surface area (Å²) in [6.07, 6.45) is 7.10. The van der Waals surface area contributed by atoms with E-state index in [4.69, 9.17) is 10.5 Å². The zero-order valence-electron chi connectivity index (χ0n) is 14.0. The number of anilines is 3. The lowest BCUT2D eigenvalue weighted by atomic mass is 10.2. The summed E-state index contributed by atoms with van der Waals surface area (Å²) in [5.41, 5.74) is 7.83. The maximum absolute atomic E-state index is 5.89. The van der Waals surface area contributed by atoms with Gasteiger partial charge in [-0.1, -0.05) is 6.07 Å². The highest BCUT2D eigenvalue weighted by Gasteiger charge is 2.05. The fourth-order valence-electron chi connectivity index (χ4n) is 2.31. The summed E-state index contributed by atoms with van der Waals surface area (Å²) in [7, 11) is 1.62. The van der Waals surface area contributed by atoms with Crippen LogP contribution in [0.4, 0.5) is 17.5 Å². The van der Waals surface area contributed by atoms with Crippen molar-refractivity contribution in [2.75, 3.05) is 30.9 Å². The molecule has 2 aromatic heterocycles. The van der Waals surface area contributed by atoms with E-state index < -0.39 is 0 Å². The summed E-state index contributed by atoms with van der Waals surface area (Å²) < 4.78 is 6.95. The maximum Gasteiger partial charge on any atom is 0.224 e. The number of rotatable bonds is 8. The molecule has 0 saturated carbocycles. The summed E-state index contributed by atoms with van der Waals surface area (Å²) in [4.78, 5) is 12.7. The van der Waals surface area contributed by atoms with E-state index in [1.165, 1.54) is 0 Å². The maximum atomic E-state index is 5.89. The molecule has 130 valence electrons. The van der Waals surface area contributed by atoms with Gasteiger partial charge in [0.05, 0.1) is 12.9 Å². The molecule has 3 rings (SSSR count). The van der Waals surface area contributed by atoms with Crippen LogP contribution in [0.3, 0.4) is 0 Å². The van der Waals surface area contributed by atoms with Crippen LogP contribution in [-0.4, -0.2) is 45.8 Å². The van der Waals surface area contributed by atoms with Crippen molar-refractivity contribution in [1.82, 2.24) is 19.5 Å². The Labute approximate surface area is 146 Å². The Morgan fingerprint density at radius 2 is 2.20 bits per heavy atom. The Balaban J connectivity index is 1.67. The Kier molecular flexibility index (Phi) is 5.55. The molecule has 0 unspecified atom stereocenters. The lowest BCUT2D eigenvalue weighted by Gasteiger charge is -2.12. The quantitative estimate of drug-likeness (QED) is 0.575. The third-order valence-corrected chi connectivity index (χ3v) is 3.48. The highest BCUT2D eigenvalue weighted by atomic mass is 16.5. The van der Waals surface area contributed by atoms with Gasteiger partial charge in [-0.05, 0) is 24.3 Å². The summed E-state index contributed by atoms with van der Waals surface area (Å²) in [6.45, 7) is 1.01. The van der Waals surface area contributed by atoms with Crippen molar-refractivity contribution >= 4 is 17.5 Å². The number of imidazole rings is 1. The van der Waals surface area contributed by atoms with Crippen LogP contribution in [0.5, 0.6) is 0 Å². The minimum atomic E-state index is -0.114.